The summed E-state index contributed by atoms with van der Waals surface area (Å²) in [5.41, 5.74) is 0.709. The Labute approximate surface area is 139 Å². The largest absolute Gasteiger partial charge is 0.361 e. The molecule has 0 fully saturated rings. The van der Waals surface area contributed by atoms with Crippen LogP contribution in [0.25, 0.3) is 10.2 Å². The van der Waals surface area contributed by atoms with Crippen molar-refractivity contribution in [3.8, 4) is 0 Å². The van der Waals surface area contributed by atoms with E-state index in [4.69, 9.17) is 4.52 Å². The van der Waals surface area contributed by atoms with Crippen LogP contribution in [0.1, 0.15) is 16.2 Å². The van der Waals surface area contributed by atoms with Crippen molar-refractivity contribution in [3.05, 3.63) is 63.3 Å². The van der Waals surface area contributed by atoms with Crippen molar-refractivity contribution < 1.29 is 14.2 Å². The highest BCUT2D eigenvalue weighted by Crippen LogP contribution is 2.23. The lowest BCUT2D eigenvalue weighted by atomic mass is 10.3. The lowest BCUT2D eigenvalue weighted by Crippen LogP contribution is -2.16. The van der Waals surface area contributed by atoms with Crippen LogP contribution in [-0.2, 0) is 6.54 Å². The van der Waals surface area contributed by atoms with Gasteiger partial charge < -0.3 is 9.09 Å². The minimum atomic E-state index is -0.536. The molecule has 0 N–H and O–H groups in total. The number of aryl methyl sites for hydroxylation is 1. The minimum absolute atomic E-state index is 0.0249. The number of allylic oxidation sites excluding steroid dienone is 1. The van der Waals surface area contributed by atoms with E-state index in [1.54, 1.807) is 23.6 Å². The first kappa shape index (κ1) is 15.8. The Morgan fingerprint density at radius 2 is 2.33 bits per heavy atom. The molecule has 9 heteroatoms. The zero-order valence-corrected chi connectivity index (χ0v) is 13.4. The molecule has 1 amide bonds. The quantitative estimate of drug-likeness (QED) is 0.411. The third-order valence-corrected chi connectivity index (χ3v) is 4.29. The number of aromatic nitrogens is 2. The molecule has 2 aromatic heterocycles. The summed E-state index contributed by atoms with van der Waals surface area (Å²) in [6.07, 6.45) is 1.63. The zero-order valence-electron chi connectivity index (χ0n) is 12.6. The van der Waals surface area contributed by atoms with E-state index in [1.807, 2.05) is 0 Å². The zero-order chi connectivity index (χ0) is 17.3. The minimum Gasteiger partial charge on any atom is -0.361 e. The van der Waals surface area contributed by atoms with Gasteiger partial charge in [0.05, 0.1) is 15.1 Å². The van der Waals surface area contributed by atoms with Crippen LogP contribution in [0.2, 0.25) is 0 Å². The lowest BCUT2D eigenvalue weighted by molar-refractivity contribution is -0.384. The van der Waals surface area contributed by atoms with Crippen LogP contribution in [-0.4, -0.2) is 20.6 Å². The van der Waals surface area contributed by atoms with Crippen LogP contribution >= 0.6 is 11.3 Å². The number of carbonyl (C=O) groups is 1. The van der Waals surface area contributed by atoms with Gasteiger partial charge in [0.1, 0.15) is 5.76 Å². The molecule has 0 radical (unpaired) electrons. The van der Waals surface area contributed by atoms with E-state index >= 15 is 0 Å². The molecule has 0 bridgehead atoms. The molecule has 2 heterocycles. The maximum Gasteiger partial charge on any atom is 0.301 e. The van der Waals surface area contributed by atoms with Gasteiger partial charge in [-0.15, -0.1) is 6.58 Å². The number of nitro benzene ring substituents is 1. The van der Waals surface area contributed by atoms with Gasteiger partial charge in [0.2, 0.25) is 0 Å². The van der Waals surface area contributed by atoms with Gasteiger partial charge >= 0.3 is 5.91 Å². The highest BCUT2D eigenvalue weighted by molar-refractivity contribution is 7.16. The van der Waals surface area contributed by atoms with Crippen molar-refractivity contribution in [2.45, 2.75) is 13.5 Å². The number of carbonyl (C=O) groups excluding carboxylic acids is 1. The van der Waals surface area contributed by atoms with Crippen LogP contribution in [0, 0.1) is 17.0 Å². The van der Waals surface area contributed by atoms with Crippen molar-refractivity contribution in [1.29, 1.82) is 0 Å². The van der Waals surface area contributed by atoms with Crippen molar-refractivity contribution in [2.75, 3.05) is 0 Å². The summed E-state index contributed by atoms with van der Waals surface area (Å²) in [5.74, 6) is -0.0230. The summed E-state index contributed by atoms with van der Waals surface area (Å²) < 4.78 is 7.36. The van der Waals surface area contributed by atoms with Crippen LogP contribution in [0.3, 0.4) is 0 Å². The molecule has 122 valence electrons. The van der Waals surface area contributed by atoms with Crippen LogP contribution in [0.4, 0.5) is 5.69 Å². The van der Waals surface area contributed by atoms with Crippen LogP contribution in [0.5, 0.6) is 0 Å². The van der Waals surface area contributed by atoms with Gasteiger partial charge in [0.15, 0.2) is 10.5 Å². The molecule has 0 spiro atoms. The predicted octanol–water partition coefficient (Wildman–Crippen LogP) is 2.83. The second kappa shape index (κ2) is 6.20. The van der Waals surface area contributed by atoms with Gasteiger partial charge in [0.25, 0.3) is 5.69 Å². The molecular weight excluding hydrogens is 332 g/mol. The number of rotatable bonds is 4. The van der Waals surface area contributed by atoms with E-state index in [2.05, 4.69) is 16.7 Å². The summed E-state index contributed by atoms with van der Waals surface area (Å²) in [7, 11) is 0. The van der Waals surface area contributed by atoms with Crippen molar-refractivity contribution in [2.24, 2.45) is 4.99 Å². The smallest absolute Gasteiger partial charge is 0.301 e. The summed E-state index contributed by atoms with van der Waals surface area (Å²) in [4.78, 5) is 27.2. The van der Waals surface area contributed by atoms with Crippen LogP contribution < -0.4 is 4.80 Å². The fourth-order valence-electron chi connectivity index (χ4n) is 2.17. The van der Waals surface area contributed by atoms with E-state index < -0.39 is 10.8 Å². The number of hydrogen-bond donors (Lipinski definition) is 0. The topological polar surface area (TPSA) is 104 Å². The number of thiazole rings is 1. The van der Waals surface area contributed by atoms with E-state index in [9.17, 15) is 14.9 Å². The number of nitro groups is 1. The number of benzene rings is 1. The van der Waals surface area contributed by atoms with Crippen molar-refractivity contribution >= 4 is 33.1 Å². The third kappa shape index (κ3) is 2.88. The van der Waals surface area contributed by atoms with E-state index in [0.717, 1.165) is 4.70 Å². The molecule has 0 aliphatic rings. The van der Waals surface area contributed by atoms with Gasteiger partial charge in [-0.2, -0.15) is 4.99 Å². The maximum absolute atomic E-state index is 12.2. The fourth-order valence-corrected chi connectivity index (χ4v) is 3.19. The molecule has 1 aromatic carbocycles. The van der Waals surface area contributed by atoms with Crippen molar-refractivity contribution in [3.63, 3.8) is 0 Å². The number of amides is 1. The van der Waals surface area contributed by atoms with E-state index in [-0.39, 0.29) is 11.4 Å². The molecule has 0 saturated carbocycles. The van der Waals surface area contributed by atoms with Gasteiger partial charge in [-0.25, -0.2) is 0 Å². The number of nitrogens with zero attached hydrogens (tertiary/aromatic N) is 4. The predicted molar refractivity (Wildman–Crippen MR) is 87.8 cm³/mol. The Morgan fingerprint density at radius 1 is 1.54 bits per heavy atom. The van der Waals surface area contributed by atoms with Gasteiger partial charge in [-0.05, 0) is 13.0 Å². The summed E-state index contributed by atoms with van der Waals surface area (Å²) in [6.45, 7) is 5.72. The Hall–Kier alpha value is -3.07. The van der Waals surface area contributed by atoms with E-state index in [0.29, 0.717) is 22.6 Å². The Balaban J connectivity index is 2.17. The second-order valence-corrected chi connectivity index (χ2v) is 5.94. The van der Waals surface area contributed by atoms with Gasteiger partial charge in [-0.3, -0.25) is 14.9 Å². The molecule has 0 unspecified atom stereocenters. The van der Waals surface area contributed by atoms with Gasteiger partial charge in [0, 0.05) is 24.7 Å². The standard InChI is InChI=1S/C15H12N4O4S/c1-3-6-18-12-8-10(19(21)22)4-5-13(12)24-15(18)16-14(20)11-7-9(2)23-17-11/h3-5,7-8H,1,6H2,2H3. The molecule has 0 saturated heterocycles. The Morgan fingerprint density at radius 3 is 2.96 bits per heavy atom. The van der Waals surface area contributed by atoms with Crippen molar-refractivity contribution in [1.82, 2.24) is 9.72 Å². The number of hydrogen-bond acceptors (Lipinski definition) is 6. The fraction of sp³-hybridized carbons (Fsp3) is 0.133. The highest BCUT2D eigenvalue weighted by Gasteiger charge is 2.14. The maximum atomic E-state index is 12.2. The molecule has 0 aliphatic heterocycles. The first-order valence-corrected chi connectivity index (χ1v) is 7.72. The first-order chi connectivity index (χ1) is 11.5. The summed E-state index contributed by atoms with van der Waals surface area (Å²) in [5, 5.41) is 14.6. The normalized spacial score (nSPS) is 11.8. The molecule has 0 aliphatic carbocycles. The average molecular weight is 344 g/mol. The van der Waals surface area contributed by atoms with Crippen LogP contribution in [0.15, 0.2) is 46.4 Å². The summed E-state index contributed by atoms with van der Waals surface area (Å²) in [6, 6.07) is 6.02. The number of fused-ring (bicyclic) bond motifs is 1. The molecule has 3 rings (SSSR count). The molecular formula is C15H12N4O4S. The number of non-ortho nitro benzene ring substituents is 1. The van der Waals surface area contributed by atoms with Gasteiger partial charge in [-0.1, -0.05) is 22.6 Å². The molecule has 8 nitrogen and oxygen atoms in total. The average Bonchev–Trinajstić information content (AvgIpc) is 3.12. The monoisotopic (exact) mass is 344 g/mol. The third-order valence-electron chi connectivity index (χ3n) is 3.23. The highest BCUT2D eigenvalue weighted by atomic mass is 32.1. The molecule has 0 atom stereocenters. The molecule has 24 heavy (non-hydrogen) atoms. The summed E-state index contributed by atoms with van der Waals surface area (Å²) >= 11 is 1.26. The SMILES string of the molecule is C=CCn1c(=NC(=O)c2cc(C)on2)sc2ccc([N+](=O)[O-])cc21. The second-order valence-electron chi connectivity index (χ2n) is 4.93. The Bertz CT molecular complexity index is 1030. The Kier molecular flexibility index (Phi) is 4.09. The molecule has 3 aromatic rings. The lowest BCUT2D eigenvalue weighted by Gasteiger charge is -2.00. The first-order valence-electron chi connectivity index (χ1n) is 6.90. The van der Waals surface area contributed by atoms with E-state index in [1.165, 1.54) is 29.5 Å².